The number of benzene rings is 2. The third-order valence-electron chi connectivity index (χ3n) is 4.75. The minimum Gasteiger partial charge on any atom is -0.497 e. The molecule has 8 nitrogen and oxygen atoms in total. The van der Waals surface area contributed by atoms with E-state index in [2.05, 4.69) is 32.4 Å². The molecule has 4 aromatic rings. The minimum atomic E-state index is -0.397. The second kappa shape index (κ2) is 10.1. The standard InChI is InChI=1S/C26H20N4O4/c1-3-4-25(31)29-18-7-10-22-21(15-18)23(12-14-27-22)34-19-8-5-17(6-9-19)26(32)30-24-16-20(33-2)11-13-28-24/h5-16H,1-2H3,(H,29,31)(H,28,30,32). The summed E-state index contributed by atoms with van der Waals surface area (Å²) >= 11 is 0. The van der Waals surface area contributed by atoms with Gasteiger partial charge in [-0.15, -0.1) is 0 Å². The monoisotopic (exact) mass is 452 g/mol. The maximum Gasteiger partial charge on any atom is 0.300 e. The molecular weight excluding hydrogens is 432 g/mol. The topological polar surface area (TPSA) is 102 Å². The van der Waals surface area contributed by atoms with Crippen LogP contribution < -0.4 is 20.1 Å². The lowest BCUT2D eigenvalue weighted by Crippen LogP contribution is -2.12. The predicted molar refractivity (Wildman–Crippen MR) is 129 cm³/mol. The van der Waals surface area contributed by atoms with E-state index in [9.17, 15) is 9.59 Å². The molecule has 2 aromatic heterocycles. The van der Waals surface area contributed by atoms with Crippen LogP contribution in [0.1, 0.15) is 17.3 Å². The van der Waals surface area contributed by atoms with Crippen LogP contribution in [-0.4, -0.2) is 28.9 Å². The van der Waals surface area contributed by atoms with Gasteiger partial charge in [-0.2, -0.15) is 0 Å². The number of fused-ring (bicyclic) bond motifs is 1. The summed E-state index contributed by atoms with van der Waals surface area (Å²) in [5, 5.41) is 6.17. The quantitative estimate of drug-likeness (QED) is 0.413. The van der Waals surface area contributed by atoms with Crippen molar-refractivity contribution in [2.75, 3.05) is 17.7 Å². The molecule has 0 radical (unpaired) electrons. The molecule has 2 heterocycles. The van der Waals surface area contributed by atoms with Crippen molar-refractivity contribution in [3.8, 4) is 29.1 Å². The molecule has 0 atom stereocenters. The Bertz CT molecular complexity index is 1420. The molecule has 0 aliphatic heterocycles. The number of hydrogen-bond donors (Lipinski definition) is 2. The lowest BCUT2D eigenvalue weighted by atomic mass is 10.1. The number of methoxy groups -OCH3 is 1. The van der Waals surface area contributed by atoms with Crippen molar-refractivity contribution in [3.63, 3.8) is 0 Å². The number of anilines is 2. The summed E-state index contributed by atoms with van der Waals surface area (Å²) in [4.78, 5) is 32.8. The van der Waals surface area contributed by atoms with Crippen LogP contribution in [-0.2, 0) is 4.79 Å². The zero-order valence-electron chi connectivity index (χ0n) is 18.5. The first-order valence-electron chi connectivity index (χ1n) is 10.3. The van der Waals surface area contributed by atoms with Crippen molar-refractivity contribution in [2.24, 2.45) is 0 Å². The zero-order chi connectivity index (χ0) is 23.9. The van der Waals surface area contributed by atoms with Crippen LogP contribution in [0, 0.1) is 11.8 Å². The van der Waals surface area contributed by atoms with Crippen LogP contribution in [0.4, 0.5) is 11.5 Å². The van der Waals surface area contributed by atoms with Gasteiger partial charge in [-0.3, -0.25) is 14.6 Å². The van der Waals surface area contributed by atoms with Crippen LogP contribution >= 0.6 is 0 Å². The molecule has 8 heteroatoms. The number of amides is 2. The maximum absolute atomic E-state index is 12.5. The van der Waals surface area contributed by atoms with Crippen molar-refractivity contribution in [3.05, 3.63) is 78.6 Å². The number of hydrogen-bond acceptors (Lipinski definition) is 6. The van der Waals surface area contributed by atoms with E-state index in [-0.39, 0.29) is 5.91 Å². The molecular formula is C26H20N4O4. The van der Waals surface area contributed by atoms with Gasteiger partial charge in [0.05, 0.1) is 12.6 Å². The van der Waals surface area contributed by atoms with Crippen LogP contribution in [0.15, 0.2) is 73.1 Å². The van der Waals surface area contributed by atoms with E-state index in [0.717, 1.165) is 5.39 Å². The molecule has 34 heavy (non-hydrogen) atoms. The third-order valence-corrected chi connectivity index (χ3v) is 4.75. The van der Waals surface area contributed by atoms with Crippen molar-refractivity contribution >= 4 is 34.2 Å². The molecule has 4 rings (SSSR count). The highest BCUT2D eigenvalue weighted by Gasteiger charge is 2.10. The molecule has 168 valence electrons. The molecule has 0 fully saturated rings. The van der Waals surface area contributed by atoms with Gasteiger partial charge in [0.1, 0.15) is 23.1 Å². The maximum atomic E-state index is 12.5. The molecule has 0 aliphatic carbocycles. The Labute approximate surface area is 196 Å². The van der Waals surface area contributed by atoms with E-state index in [4.69, 9.17) is 9.47 Å². The van der Waals surface area contributed by atoms with Gasteiger partial charge in [0.15, 0.2) is 0 Å². The molecule has 0 aliphatic rings. The van der Waals surface area contributed by atoms with E-state index >= 15 is 0 Å². The Morgan fingerprint density at radius 2 is 1.68 bits per heavy atom. The average molecular weight is 452 g/mol. The summed E-state index contributed by atoms with van der Waals surface area (Å²) in [5.41, 5.74) is 1.73. The van der Waals surface area contributed by atoms with E-state index in [1.54, 1.807) is 87.1 Å². The molecule has 2 aromatic carbocycles. The Morgan fingerprint density at radius 3 is 2.44 bits per heavy atom. The van der Waals surface area contributed by atoms with Crippen LogP contribution in [0.3, 0.4) is 0 Å². The molecule has 0 saturated carbocycles. The highest BCUT2D eigenvalue weighted by atomic mass is 16.5. The summed E-state index contributed by atoms with van der Waals surface area (Å²) in [6, 6.07) is 17.1. The van der Waals surface area contributed by atoms with E-state index in [1.165, 1.54) is 0 Å². The number of aromatic nitrogens is 2. The zero-order valence-corrected chi connectivity index (χ0v) is 18.5. The number of ether oxygens (including phenoxy) is 2. The van der Waals surface area contributed by atoms with Gasteiger partial charge in [0, 0.05) is 35.1 Å². The number of rotatable bonds is 6. The fourth-order valence-electron chi connectivity index (χ4n) is 3.16. The minimum absolute atomic E-state index is 0.308. The smallest absolute Gasteiger partial charge is 0.300 e. The second-order valence-electron chi connectivity index (χ2n) is 7.03. The largest absolute Gasteiger partial charge is 0.497 e. The number of carbonyl (C=O) groups excluding carboxylic acids is 2. The number of pyridine rings is 2. The summed E-state index contributed by atoms with van der Waals surface area (Å²) < 4.78 is 11.2. The second-order valence-corrected chi connectivity index (χ2v) is 7.03. The highest BCUT2D eigenvalue weighted by Crippen LogP contribution is 2.31. The molecule has 0 bridgehead atoms. The van der Waals surface area contributed by atoms with Crippen LogP contribution in [0.2, 0.25) is 0 Å². The lowest BCUT2D eigenvalue weighted by molar-refractivity contribution is -0.111. The lowest BCUT2D eigenvalue weighted by Gasteiger charge is -2.11. The van der Waals surface area contributed by atoms with E-state index < -0.39 is 5.91 Å². The molecule has 0 spiro atoms. The molecule has 0 unspecified atom stereocenters. The van der Waals surface area contributed by atoms with E-state index in [1.807, 2.05) is 0 Å². The van der Waals surface area contributed by atoms with Crippen molar-refractivity contribution in [2.45, 2.75) is 6.92 Å². The number of nitrogens with zero attached hydrogens (tertiary/aromatic N) is 2. The fraction of sp³-hybridized carbons (Fsp3) is 0.0769. The van der Waals surface area contributed by atoms with Crippen LogP contribution in [0.25, 0.3) is 10.9 Å². The Kier molecular flexibility index (Phi) is 6.65. The van der Waals surface area contributed by atoms with Gasteiger partial charge in [-0.25, -0.2) is 4.98 Å². The molecule has 2 amide bonds. The number of nitrogens with one attached hydrogen (secondary N) is 2. The average Bonchev–Trinajstić information content (AvgIpc) is 2.85. The molecule has 2 N–H and O–H groups in total. The summed E-state index contributed by atoms with van der Waals surface area (Å²) in [6.07, 6.45) is 3.19. The van der Waals surface area contributed by atoms with Gasteiger partial charge in [0.25, 0.3) is 11.8 Å². The van der Waals surface area contributed by atoms with E-state index in [0.29, 0.717) is 39.8 Å². The summed E-state index contributed by atoms with van der Waals surface area (Å²) in [7, 11) is 1.55. The predicted octanol–water partition coefficient (Wildman–Crippen LogP) is 4.64. The first-order valence-corrected chi connectivity index (χ1v) is 10.3. The van der Waals surface area contributed by atoms with Crippen molar-refractivity contribution in [1.82, 2.24) is 9.97 Å². The van der Waals surface area contributed by atoms with Crippen molar-refractivity contribution < 1.29 is 19.1 Å². The summed E-state index contributed by atoms with van der Waals surface area (Å²) in [6.45, 7) is 1.60. The highest BCUT2D eigenvalue weighted by molar-refractivity contribution is 6.05. The Balaban J connectivity index is 1.51. The first-order chi connectivity index (χ1) is 16.6. The Hall–Kier alpha value is -4.90. The van der Waals surface area contributed by atoms with Gasteiger partial charge in [0.2, 0.25) is 0 Å². The normalized spacial score (nSPS) is 10.1. The fourth-order valence-corrected chi connectivity index (χ4v) is 3.16. The number of carbonyl (C=O) groups is 2. The SMILES string of the molecule is CC#CC(=O)Nc1ccc2nccc(Oc3ccc(C(=O)Nc4cc(OC)ccn4)cc3)c2c1. The Morgan fingerprint density at radius 1 is 0.882 bits per heavy atom. The van der Waals surface area contributed by atoms with Crippen molar-refractivity contribution in [1.29, 1.82) is 0 Å². The van der Waals surface area contributed by atoms with Gasteiger partial charge in [-0.05, 0) is 67.4 Å². The summed E-state index contributed by atoms with van der Waals surface area (Å²) in [5.74, 6) is 6.38. The molecule has 0 saturated heterocycles. The van der Waals surface area contributed by atoms with Crippen LogP contribution in [0.5, 0.6) is 17.2 Å². The van der Waals surface area contributed by atoms with Gasteiger partial charge >= 0.3 is 0 Å². The third kappa shape index (κ3) is 5.29. The van der Waals surface area contributed by atoms with Gasteiger partial charge in [-0.1, -0.05) is 5.92 Å². The van der Waals surface area contributed by atoms with Gasteiger partial charge < -0.3 is 20.1 Å². The first kappa shape index (κ1) is 22.3.